The van der Waals surface area contributed by atoms with E-state index in [0.717, 1.165) is 31.4 Å². The predicted molar refractivity (Wildman–Crippen MR) is 123 cm³/mol. The lowest BCUT2D eigenvalue weighted by molar-refractivity contribution is 0.100. The van der Waals surface area contributed by atoms with E-state index in [4.69, 9.17) is 4.99 Å². The summed E-state index contributed by atoms with van der Waals surface area (Å²) in [5, 5.41) is 0.909. The smallest absolute Gasteiger partial charge is 0.279 e. The topological polar surface area (TPSA) is 57.9 Å². The number of halogens is 1. The van der Waals surface area contributed by atoms with Crippen molar-refractivity contribution in [2.24, 2.45) is 9.98 Å². The Morgan fingerprint density at radius 3 is 2.90 bits per heavy atom. The minimum absolute atomic E-state index is 0.316. The number of allylic oxidation sites excluding steroid dienone is 2. The summed E-state index contributed by atoms with van der Waals surface area (Å²) in [5.74, 6) is 0.892. The molecule has 2 aromatic carbocycles. The zero-order valence-electron chi connectivity index (χ0n) is 15.3. The van der Waals surface area contributed by atoms with E-state index in [0.29, 0.717) is 17.9 Å². The van der Waals surface area contributed by atoms with E-state index in [1.807, 2.05) is 54.6 Å². The van der Waals surface area contributed by atoms with Gasteiger partial charge in [0.2, 0.25) is 0 Å². The molecular weight excluding hydrogens is 475 g/mol. The van der Waals surface area contributed by atoms with Gasteiger partial charge in [0.1, 0.15) is 5.84 Å². The van der Waals surface area contributed by atoms with Gasteiger partial charge in [-0.2, -0.15) is 4.99 Å². The molecule has 2 aliphatic heterocycles. The first-order valence-corrected chi connectivity index (χ1v) is 10.2. The average Bonchev–Trinajstić information content (AvgIpc) is 2.89. The van der Waals surface area contributed by atoms with Gasteiger partial charge in [-0.1, -0.05) is 30.3 Å². The van der Waals surface area contributed by atoms with Crippen molar-refractivity contribution in [1.29, 1.82) is 0 Å². The highest BCUT2D eigenvalue weighted by atomic mass is 127. The maximum Gasteiger partial charge on any atom is 0.279 e. The predicted octanol–water partition coefficient (Wildman–Crippen LogP) is 4.88. The highest BCUT2D eigenvalue weighted by molar-refractivity contribution is 14.1. The van der Waals surface area contributed by atoms with E-state index < -0.39 is 0 Å². The van der Waals surface area contributed by atoms with Crippen molar-refractivity contribution in [2.45, 2.75) is 6.54 Å². The van der Waals surface area contributed by atoms with Gasteiger partial charge in [-0.25, -0.2) is 4.99 Å². The van der Waals surface area contributed by atoms with Gasteiger partial charge in [0, 0.05) is 39.0 Å². The van der Waals surface area contributed by atoms with Gasteiger partial charge in [-0.15, -0.1) is 0 Å². The van der Waals surface area contributed by atoms with E-state index in [1.165, 1.54) is 0 Å². The number of benzene rings is 2. The second kappa shape index (κ2) is 7.36. The monoisotopic (exact) mass is 490 g/mol. The number of pyridine rings is 1. The van der Waals surface area contributed by atoms with Crippen molar-refractivity contribution in [1.82, 2.24) is 9.88 Å². The molecule has 0 atom stereocenters. The lowest BCUT2D eigenvalue weighted by Crippen LogP contribution is -2.24. The zero-order valence-corrected chi connectivity index (χ0v) is 17.4. The molecule has 140 valence electrons. The summed E-state index contributed by atoms with van der Waals surface area (Å²) in [5.41, 5.74) is 3.32. The Balaban J connectivity index is 1.60. The fourth-order valence-electron chi connectivity index (χ4n) is 3.42. The normalized spacial score (nSPS) is 16.7. The molecule has 0 aliphatic carbocycles. The second-order valence-electron chi connectivity index (χ2n) is 6.75. The summed E-state index contributed by atoms with van der Waals surface area (Å²) in [6.45, 7) is 0.681. The quantitative estimate of drug-likeness (QED) is 0.457. The largest absolute Gasteiger partial charge is 0.327 e. The summed E-state index contributed by atoms with van der Waals surface area (Å²) in [6.07, 6.45) is 7.75. The third-order valence-electron chi connectivity index (χ3n) is 4.84. The molecular formula is C23H15IN4O. The zero-order chi connectivity index (χ0) is 19.8. The van der Waals surface area contributed by atoms with Crippen LogP contribution in [0.5, 0.6) is 0 Å². The van der Waals surface area contributed by atoms with Gasteiger partial charge in [-0.3, -0.25) is 9.78 Å². The van der Waals surface area contributed by atoms with Crippen LogP contribution < -0.4 is 0 Å². The van der Waals surface area contributed by atoms with Crippen LogP contribution in [0.4, 0.5) is 0 Å². The summed E-state index contributed by atoms with van der Waals surface area (Å²) < 4.78 is 1.13. The fraction of sp³-hybridized carbons (Fsp3) is 0.0435. The fourth-order valence-corrected chi connectivity index (χ4v) is 3.94. The Labute approximate surface area is 181 Å². The number of aliphatic imine (C=N–C) groups is 2. The third-order valence-corrected chi connectivity index (χ3v) is 5.48. The summed E-state index contributed by atoms with van der Waals surface area (Å²) in [7, 11) is 0. The first kappa shape index (κ1) is 17.9. The third kappa shape index (κ3) is 3.51. The van der Waals surface area contributed by atoms with E-state index >= 15 is 0 Å². The first-order chi connectivity index (χ1) is 14.2. The Kier molecular flexibility index (Phi) is 4.55. The highest BCUT2D eigenvalue weighted by Gasteiger charge is 2.21. The van der Waals surface area contributed by atoms with E-state index in [-0.39, 0.29) is 5.91 Å². The highest BCUT2D eigenvalue weighted by Crippen LogP contribution is 2.24. The molecule has 3 heterocycles. The van der Waals surface area contributed by atoms with Crippen molar-refractivity contribution in [2.75, 3.05) is 0 Å². The molecule has 5 rings (SSSR count). The molecule has 0 N–H and O–H groups in total. The molecule has 0 spiro atoms. The number of amides is 1. The van der Waals surface area contributed by atoms with Gasteiger partial charge in [0.05, 0.1) is 5.52 Å². The molecule has 0 unspecified atom stereocenters. The Hall–Kier alpha value is -3.13. The molecule has 0 fully saturated rings. The van der Waals surface area contributed by atoms with Crippen LogP contribution in [0.1, 0.15) is 21.5 Å². The minimum Gasteiger partial charge on any atom is -0.327 e. The number of aromatic nitrogens is 1. The van der Waals surface area contributed by atoms with Crippen LogP contribution in [0.2, 0.25) is 0 Å². The Morgan fingerprint density at radius 2 is 1.97 bits per heavy atom. The number of rotatable bonds is 1. The SMILES string of the molecule is O=C(N=C1N=C2C=CC(I)=CN2Cc2ccccc21)c1ccc2ncccc2c1. The average molecular weight is 490 g/mol. The van der Waals surface area contributed by atoms with E-state index in [1.54, 1.807) is 12.3 Å². The summed E-state index contributed by atoms with van der Waals surface area (Å²) >= 11 is 2.29. The molecule has 2 aliphatic rings. The number of carbonyl (C=O) groups is 1. The maximum absolute atomic E-state index is 13.0. The standard InChI is InChI=1S/C23H15IN4O/c24-18-8-10-21-26-22(19-6-2-1-4-17(19)13-28(21)14-18)27-23(29)16-7-9-20-15(12-16)5-3-11-25-20/h1-12,14H,13H2. The van der Waals surface area contributed by atoms with E-state index in [9.17, 15) is 4.79 Å². The van der Waals surface area contributed by atoms with Crippen molar-refractivity contribution in [3.8, 4) is 0 Å². The van der Waals surface area contributed by atoms with E-state index in [2.05, 4.69) is 49.7 Å². The molecule has 1 amide bonds. The minimum atomic E-state index is -0.316. The van der Waals surface area contributed by atoms with Crippen LogP contribution in [0.25, 0.3) is 10.9 Å². The van der Waals surface area contributed by atoms with Gasteiger partial charge < -0.3 is 4.90 Å². The van der Waals surface area contributed by atoms with Crippen LogP contribution in [-0.2, 0) is 6.54 Å². The molecule has 29 heavy (non-hydrogen) atoms. The molecule has 0 bridgehead atoms. The van der Waals surface area contributed by atoms with Crippen molar-refractivity contribution < 1.29 is 4.79 Å². The molecule has 0 saturated carbocycles. The number of carbonyl (C=O) groups excluding carboxylic acids is 1. The molecule has 1 aromatic heterocycles. The molecule has 5 nitrogen and oxygen atoms in total. The van der Waals surface area contributed by atoms with Crippen LogP contribution in [0, 0.1) is 0 Å². The van der Waals surface area contributed by atoms with Crippen molar-refractivity contribution in [3.05, 3.63) is 99.4 Å². The van der Waals surface area contributed by atoms with Crippen molar-refractivity contribution in [3.63, 3.8) is 0 Å². The molecule has 3 aromatic rings. The van der Waals surface area contributed by atoms with Gasteiger partial charge in [0.25, 0.3) is 5.91 Å². The van der Waals surface area contributed by atoms with Crippen LogP contribution >= 0.6 is 22.6 Å². The lowest BCUT2D eigenvalue weighted by Gasteiger charge is -2.21. The van der Waals surface area contributed by atoms with Crippen LogP contribution in [-0.4, -0.2) is 27.5 Å². The maximum atomic E-state index is 13.0. The van der Waals surface area contributed by atoms with Crippen molar-refractivity contribution >= 4 is 51.1 Å². The second-order valence-corrected chi connectivity index (χ2v) is 8.00. The Morgan fingerprint density at radius 1 is 1.07 bits per heavy atom. The van der Waals surface area contributed by atoms with Gasteiger partial charge >= 0.3 is 0 Å². The van der Waals surface area contributed by atoms with Crippen LogP contribution in [0.15, 0.2) is 92.7 Å². The number of hydrogen-bond acceptors (Lipinski definition) is 3. The number of fused-ring (bicyclic) bond motifs is 3. The van der Waals surface area contributed by atoms with Gasteiger partial charge in [0.15, 0.2) is 5.84 Å². The molecule has 0 radical (unpaired) electrons. The van der Waals surface area contributed by atoms with Gasteiger partial charge in [-0.05, 0) is 64.6 Å². The first-order valence-electron chi connectivity index (χ1n) is 9.14. The Bertz CT molecular complexity index is 1270. The number of nitrogens with zero attached hydrogens (tertiary/aromatic N) is 4. The summed E-state index contributed by atoms with van der Waals surface area (Å²) in [4.78, 5) is 28.5. The number of amidine groups is 2. The lowest BCUT2D eigenvalue weighted by atomic mass is 10.1. The summed E-state index contributed by atoms with van der Waals surface area (Å²) in [6, 6.07) is 17.2. The molecule has 6 heteroatoms. The number of hydrogen-bond donors (Lipinski definition) is 0. The molecule has 0 saturated heterocycles. The van der Waals surface area contributed by atoms with Crippen LogP contribution in [0.3, 0.4) is 0 Å².